The number of hydrogen-bond donors (Lipinski definition) is 5. The van der Waals surface area contributed by atoms with Gasteiger partial charge in [-0.2, -0.15) is 0 Å². The van der Waals surface area contributed by atoms with Crippen LogP contribution in [0.2, 0.25) is 0 Å². The molecule has 9 N–H and O–H groups in total. The number of anilines is 4. The van der Waals surface area contributed by atoms with Gasteiger partial charge in [-0.05, 0) is 48.5 Å². The molecule has 6 heteroatoms. The second-order valence-electron chi connectivity index (χ2n) is 4.98. The van der Waals surface area contributed by atoms with Crippen LogP contribution < -0.4 is 27.8 Å². The molecule has 0 saturated heterocycles. The molecule has 0 saturated carbocycles. The van der Waals surface area contributed by atoms with Gasteiger partial charge in [0.05, 0.1) is 19.9 Å². The van der Waals surface area contributed by atoms with Gasteiger partial charge in [-0.3, -0.25) is 0 Å². The maximum absolute atomic E-state index is 5.60. The Labute approximate surface area is 138 Å². The average molecular weight is 315 g/mol. The maximum atomic E-state index is 5.60. The van der Waals surface area contributed by atoms with Gasteiger partial charge >= 0.3 is 0 Å². The predicted octanol–water partition coefficient (Wildman–Crippen LogP) is 1.09. The number of benzene rings is 2. The first kappa shape index (κ1) is 18.3. The molecule has 0 spiro atoms. The minimum absolute atomic E-state index is 0.574. The topological polar surface area (TPSA) is 110 Å². The number of nitrogens with one attached hydrogen (secondary N) is 1. The van der Waals surface area contributed by atoms with Gasteiger partial charge in [0.1, 0.15) is 6.20 Å². The fourth-order valence-electron chi connectivity index (χ4n) is 1.59. The van der Waals surface area contributed by atoms with E-state index in [1.807, 2.05) is 85.2 Å². The second-order valence-corrected chi connectivity index (χ2v) is 4.98. The van der Waals surface area contributed by atoms with Crippen molar-refractivity contribution < 1.29 is 5.32 Å². The molecule has 0 aliphatic rings. The Hall–Kier alpha value is -2.70. The lowest BCUT2D eigenvalue weighted by Gasteiger charge is -2.06. The van der Waals surface area contributed by atoms with Crippen molar-refractivity contribution in [2.75, 3.05) is 37.5 Å². The van der Waals surface area contributed by atoms with Crippen LogP contribution in [-0.2, 0) is 0 Å². The highest BCUT2D eigenvalue weighted by Crippen LogP contribution is 2.18. The van der Waals surface area contributed by atoms with Crippen molar-refractivity contribution >= 4 is 22.7 Å². The Morgan fingerprint density at radius 1 is 0.957 bits per heavy atom. The fraction of sp³-hybridized carbons (Fsp3) is 0.176. The van der Waals surface area contributed by atoms with Crippen LogP contribution in [0.3, 0.4) is 0 Å². The zero-order valence-electron chi connectivity index (χ0n) is 13.7. The molecule has 0 bridgehead atoms. The van der Waals surface area contributed by atoms with Crippen LogP contribution in [0.15, 0.2) is 60.9 Å². The first-order valence-corrected chi connectivity index (χ1v) is 7.39. The number of hydrogen-bond acceptors (Lipinski definition) is 5. The predicted molar refractivity (Wildman–Crippen MR) is 98.8 cm³/mol. The molecule has 0 aromatic heterocycles. The van der Waals surface area contributed by atoms with E-state index >= 15 is 0 Å². The van der Waals surface area contributed by atoms with Gasteiger partial charge in [0.25, 0.3) is 0 Å². The third-order valence-corrected chi connectivity index (χ3v) is 2.93. The quantitative estimate of drug-likeness (QED) is 0.419. The monoisotopic (exact) mass is 315 g/mol. The fourth-order valence-corrected chi connectivity index (χ4v) is 1.59. The first-order valence-electron chi connectivity index (χ1n) is 7.39. The standard InChI is InChI=1S/C12H13N3.C5H13N3/c13-9-1-5-11(6-2-9)15-12-7-3-10(14)4-8-12;1-7-3-4-8(2)5-6/h1-8,15H,13-14H2;3-4,7H,5-6H2,1-2H3/p+1/b;4-3-. The molecule has 2 rings (SSSR count). The summed E-state index contributed by atoms with van der Waals surface area (Å²) < 4.78 is 0. The molecule has 0 aliphatic heterocycles. The normalized spacial score (nSPS) is 10.0. The molecule has 0 heterocycles. The third kappa shape index (κ3) is 7.75. The third-order valence-electron chi connectivity index (χ3n) is 2.93. The molecular weight excluding hydrogens is 288 g/mol. The van der Waals surface area contributed by atoms with Crippen LogP contribution in [0.4, 0.5) is 22.7 Å². The molecule has 0 amide bonds. The van der Waals surface area contributed by atoms with E-state index in [4.69, 9.17) is 17.2 Å². The van der Waals surface area contributed by atoms with Crippen molar-refractivity contribution in [1.82, 2.24) is 4.90 Å². The Morgan fingerprint density at radius 3 is 1.74 bits per heavy atom. The van der Waals surface area contributed by atoms with Gasteiger partial charge in [0, 0.05) is 29.8 Å². The van der Waals surface area contributed by atoms with E-state index in [2.05, 4.69) is 5.32 Å². The zero-order valence-corrected chi connectivity index (χ0v) is 13.7. The average Bonchev–Trinajstić information content (AvgIpc) is 2.57. The largest absolute Gasteiger partial charge is 0.399 e. The molecule has 2 aromatic carbocycles. The minimum Gasteiger partial charge on any atom is -0.399 e. The van der Waals surface area contributed by atoms with Crippen molar-refractivity contribution in [2.45, 2.75) is 0 Å². The molecule has 0 aliphatic carbocycles. The Bertz CT molecular complexity index is 534. The van der Waals surface area contributed by atoms with E-state index in [0.29, 0.717) is 6.67 Å². The highest BCUT2D eigenvalue weighted by atomic mass is 15.1. The highest BCUT2D eigenvalue weighted by Gasteiger charge is 1.93. The van der Waals surface area contributed by atoms with Gasteiger partial charge in [0.15, 0.2) is 0 Å². The Morgan fingerprint density at radius 2 is 1.39 bits per heavy atom. The van der Waals surface area contributed by atoms with Crippen molar-refractivity contribution in [2.24, 2.45) is 5.73 Å². The number of nitrogen functional groups attached to an aromatic ring is 2. The smallest absolute Gasteiger partial charge is 0.108 e. The van der Waals surface area contributed by atoms with E-state index in [1.54, 1.807) is 0 Å². The van der Waals surface area contributed by atoms with Crippen LogP contribution in [0.25, 0.3) is 0 Å². The van der Waals surface area contributed by atoms with Crippen LogP contribution in [0, 0.1) is 0 Å². The molecule has 0 fully saturated rings. The van der Waals surface area contributed by atoms with Gasteiger partial charge in [-0.1, -0.05) is 0 Å². The van der Waals surface area contributed by atoms with Gasteiger partial charge in [-0.15, -0.1) is 0 Å². The summed E-state index contributed by atoms with van der Waals surface area (Å²) in [6.45, 7) is 0.574. The molecular formula is C17H27N6+. The van der Waals surface area contributed by atoms with E-state index in [9.17, 15) is 0 Å². The molecule has 0 radical (unpaired) electrons. The summed E-state index contributed by atoms with van der Waals surface area (Å²) in [5, 5.41) is 5.21. The van der Waals surface area contributed by atoms with Crippen LogP contribution >= 0.6 is 0 Å². The number of rotatable bonds is 5. The summed E-state index contributed by atoms with van der Waals surface area (Å²) in [4.78, 5) is 1.90. The van der Waals surface area contributed by atoms with Crippen molar-refractivity contribution in [3.8, 4) is 0 Å². The lowest BCUT2D eigenvalue weighted by atomic mass is 10.2. The van der Waals surface area contributed by atoms with Gasteiger partial charge in [-0.25, -0.2) is 0 Å². The van der Waals surface area contributed by atoms with Crippen LogP contribution in [-0.4, -0.2) is 25.7 Å². The van der Waals surface area contributed by atoms with Crippen LogP contribution in [0.5, 0.6) is 0 Å². The minimum atomic E-state index is 0.574. The van der Waals surface area contributed by atoms with Crippen molar-refractivity contribution in [1.29, 1.82) is 0 Å². The molecule has 2 aromatic rings. The molecule has 0 atom stereocenters. The number of nitrogens with zero attached hydrogens (tertiary/aromatic N) is 1. The molecule has 23 heavy (non-hydrogen) atoms. The van der Waals surface area contributed by atoms with Crippen LogP contribution in [0.1, 0.15) is 0 Å². The van der Waals surface area contributed by atoms with Crippen molar-refractivity contribution in [3.05, 3.63) is 60.9 Å². The Kier molecular flexibility index (Phi) is 8.06. The zero-order chi connectivity index (χ0) is 17.1. The summed E-state index contributed by atoms with van der Waals surface area (Å²) in [6.07, 6.45) is 3.88. The van der Waals surface area contributed by atoms with Gasteiger partial charge < -0.3 is 32.7 Å². The number of nitrogens with two attached hydrogens (primary N) is 4. The summed E-state index contributed by atoms with van der Waals surface area (Å²) >= 11 is 0. The first-order chi connectivity index (χ1) is 11.0. The summed E-state index contributed by atoms with van der Waals surface area (Å²) in [6, 6.07) is 15.2. The highest BCUT2D eigenvalue weighted by molar-refractivity contribution is 5.63. The maximum Gasteiger partial charge on any atom is 0.108 e. The van der Waals surface area contributed by atoms with E-state index in [-0.39, 0.29) is 0 Å². The van der Waals surface area contributed by atoms with E-state index in [0.717, 1.165) is 22.7 Å². The molecule has 124 valence electrons. The summed E-state index contributed by atoms with van der Waals surface area (Å²) in [5.74, 6) is 0. The Balaban J connectivity index is 0.000000284. The second kappa shape index (κ2) is 10.1. The molecule has 0 unspecified atom stereocenters. The lowest BCUT2D eigenvalue weighted by Crippen LogP contribution is -2.72. The summed E-state index contributed by atoms with van der Waals surface area (Å²) in [5.41, 5.74) is 20.0. The van der Waals surface area contributed by atoms with E-state index in [1.165, 1.54) is 0 Å². The van der Waals surface area contributed by atoms with E-state index < -0.39 is 0 Å². The summed E-state index contributed by atoms with van der Waals surface area (Å²) in [7, 11) is 3.90. The SMILES string of the molecule is C[NH2+]/C=C\N(C)CN.Nc1ccc(Nc2ccc(N)cc2)cc1. The van der Waals surface area contributed by atoms with Crippen molar-refractivity contribution in [3.63, 3.8) is 0 Å². The number of quaternary nitrogens is 1. The van der Waals surface area contributed by atoms with Gasteiger partial charge in [0.2, 0.25) is 0 Å². The lowest BCUT2D eigenvalue weighted by molar-refractivity contribution is -0.557. The molecule has 6 nitrogen and oxygen atoms in total.